The van der Waals surface area contributed by atoms with Gasteiger partial charge in [-0.2, -0.15) is 4.39 Å². The van der Waals surface area contributed by atoms with Crippen LogP contribution in [-0.4, -0.2) is 15.5 Å². The number of nitrogens with zero attached hydrogens (tertiary/aromatic N) is 2. The minimum absolute atomic E-state index is 0.139. The zero-order valence-corrected chi connectivity index (χ0v) is 15.2. The highest BCUT2D eigenvalue weighted by Crippen LogP contribution is 2.29. The summed E-state index contributed by atoms with van der Waals surface area (Å²) in [4.78, 5) is 16.2. The zero-order chi connectivity index (χ0) is 19.0. The third-order valence-corrected chi connectivity index (χ3v) is 4.64. The van der Waals surface area contributed by atoms with E-state index in [2.05, 4.69) is 10.3 Å². The average molecular weight is 380 g/mol. The van der Waals surface area contributed by atoms with Crippen molar-refractivity contribution in [3.8, 4) is 11.3 Å². The van der Waals surface area contributed by atoms with Gasteiger partial charge in [-0.25, -0.2) is 4.98 Å². The Morgan fingerprint density at radius 3 is 2.63 bits per heavy atom. The highest BCUT2D eigenvalue weighted by atomic mass is 35.5. The van der Waals surface area contributed by atoms with Crippen LogP contribution >= 0.6 is 11.6 Å². The minimum Gasteiger partial charge on any atom is -0.343 e. The van der Waals surface area contributed by atoms with Crippen LogP contribution < -0.4 is 5.32 Å². The normalized spacial score (nSPS) is 10.9. The number of pyridine rings is 1. The largest absolute Gasteiger partial charge is 0.343 e. The molecule has 4 nitrogen and oxygen atoms in total. The summed E-state index contributed by atoms with van der Waals surface area (Å²) < 4.78 is 16.6. The van der Waals surface area contributed by atoms with E-state index in [0.29, 0.717) is 21.8 Å². The second kappa shape index (κ2) is 6.85. The summed E-state index contributed by atoms with van der Waals surface area (Å²) in [5.41, 5.74) is 2.47. The molecule has 6 heteroatoms. The first-order chi connectivity index (χ1) is 13.0. The van der Waals surface area contributed by atoms with Crippen molar-refractivity contribution in [2.45, 2.75) is 0 Å². The lowest BCUT2D eigenvalue weighted by molar-refractivity contribution is 0.102. The van der Waals surface area contributed by atoms with Crippen LogP contribution in [-0.2, 0) is 7.05 Å². The molecule has 0 unspecified atom stereocenters. The van der Waals surface area contributed by atoms with Gasteiger partial charge in [-0.15, -0.1) is 0 Å². The number of carbonyl (C=O) groups excluding carboxylic acids is 1. The van der Waals surface area contributed by atoms with Crippen molar-refractivity contribution >= 4 is 34.2 Å². The summed E-state index contributed by atoms with van der Waals surface area (Å²) >= 11 is 5.90. The summed E-state index contributed by atoms with van der Waals surface area (Å²) in [5, 5.41) is 4.06. The van der Waals surface area contributed by atoms with Gasteiger partial charge >= 0.3 is 0 Å². The standard InChI is InChI=1S/C21H15ClFN3O/c1-26-17-8-3-2-5-13(17)12-18(26)16-9-10-19(24-20(16)23)25-21(27)14-6-4-7-15(22)11-14/h2-12H,1H3,(H,24,25,27). The number of anilines is 1. The Hall–Kier alpha value is -3.18. The Bertz CT molecular complexity index is 1170. The zero-order valence-electron chi connectivity index (χ0n) is 14.4. The molecule has 1 amide bonds. The number of aromatic nitrogens is 2. The van der Waals surface area contributed by atoms with E-state index in [1.165, 1.54) is 6.07 Å². The van der Waals surface area contributed by atoms with Crippen molar-refractivity contribution in [2.24, 2.45) is 7.05 Å². The molecule has 4 aromatic rings. The summed E-state index contributed by atoms with van der Waals surface area (Å²) in [6, 6.07) is 19.5. The molecule has 2 heterocycles. The van der Waals surface area contributed by atoms with Gasteiger partial charge in [0.1, 0.15) is 5.82 Å². The second-order valence-corrected chi connectivity index (χ2v) is 6.58. The quantitative estimate of drug-likeness (QED) is 0.492. The first-order valence-electron chi connectivity index (χ1n) is 8.31. The Balaban J connectivity index is 1.64. The number of hydrogen-bond donors (Lipinski definition) is 1. The average Bonchev–Trinajstić information content (AvgIpc) is 2.99. The Labute approximate surface area is 160 Å². The van der Waals surface area contributed by atoms with Gasteiger partial charge < -0.3 is 9.88 Å². The van der Waals surface area contributed by atoms with Crippen molar-refractivity contribution in [2.75, 3.05) is 5.32 Å². The van der Waals surface area contributed by atoms with E-state index in [9.17, 15) is 9.18 Å². The first kappa shape index (κ1) is 17.2. The minimum atomic E-state index is -0.648. The van der Waals surface area contributed by atoms with E-state index in [0.717, 1.165) is 10.9 Å². The van der Waals surface area contributed by atoms with Crippen LogP contribution in [0.3, 0.4) is 0 Å². The van der Waals surface area contributed by atoms with Gasteiger partial charge in [-0.1, -0.05) is 35.9 Å². The fraction of sp³-hybridized carbons (Fsp3) is 0.0476. The summed E-state index contributed by atoms with van der Waals surface area (Å²) in [7, 11) is 1.88. The molecule has 0 aliphatic rings. The molecule has 0 bridgehead atoms. The Kier molecular flexibility index (Phi) is 4.38. The van der Waals surface area contributed by atoms with Gasteiger partial charge in [0, 0.05) is 28.5 Å². The third-order valence-electron chi connectivity index (χ3n) is 4.40. The number of hydrogen-bond acceptors (Lipinski definition) is 2. The number of nitrogens with one attached hydrogen (secondary N) is 1. The lowest BCUT2D eigenvalue weighted by Gasteiger charge is -2.08. The van der Waals surface area contributed by atoms with E-state index in [4.69, 9.17) is 11.6 Å². The molecule has 0 saturated carbocycles. The topological polar surface area (TPSA) is 46.9 Å². The first-order valence-corrected chi connectivity index (χ1v) is 8.69. The van der Waals surface area contributed by atoms with Crippen LogP contribution in [0.25, 0.3) is 22.2 Å². The molecule has 2 aromatic heterocycles. The molecule has 4 rings (SSSR count). The maximum Gasteiger partial charge on any atom is 0.256 e. The molecule has 0 fully saturated rings. The highest BCUT2D eigenvalue weighted by Gasteiger charge is 2.15. The Morgan fingerprint density at radius 2 is 1.89 bits per heavy atom. The lowest BCUT2D eigenvalue weighted by atomic mass is 10.2. The van der Waals surface area contributed by atoms with Crippen molar-refractivity contribution in [3.05, 3.63) is 83.3 Å². The fourth-order valence-electron chi connectivity index (χ4n) is 3.06. The molecule has 0 saturated heterocycles. The van der Waals surface area contributed by atoms with Gasteiger partial charge in [-0.05, 0) is 42.5 Å². The number of amides is 1. The van der Waals surface area contributed by atoms with Crippen molar-refractivity contribution in [1.29, 1.82) is 0 Å². The summed E-state index contributed by atoms with van der Waals surface area (Å²) in [6.07, 6.45) is 0. The van der Waals surface area contributed by atoms with Crippen LogP contribution in [0, 0.1) is 5.95 Å². The smallest absolute Gasteiger partial charge is 0.256 e. The fourth-order valence-corrected chi connectivity index (χ4v) is 3.25. The second-order valence-electron chi connectivity index (χ2n) is 6.15. The number of rotatable bonds is 3. The van der Waals surface area contributed by atoms with E-state index >= 15 is 0 Å². The van der Waals surface area contributed by atoms with Crippen LogP contribution in [0.2, 0.25) is 5.02 Å². The maximum absolute atomic E-state index is 14.7. The molecular formula is C21H15ClFN3O. The summed E-state index contributed by atoms with van der Waals surface area (Å²) in [6.45, 7) is 0. The van der Waals surface area contributed by atoms with Gasteiger partial charge in [-0.3, -0.25) is 4.79 Å². The molecule has 0 aliphatic heterocycles. The number of fused-ring (bicyclic) bond motifs is 1. The lowest BCUT2D eigenvalue weighted by Crippen LogP contribution is -2.13. The van der Waals surface area contributed by atoms with Gasteiger partial charge in [0.25, 0.3) is 5.91 Å². The van der Waals surface area contributed by atoms with E-state index < -0.39 is 11.9 Å². The molecule has 0 atom stereocenters. The monoisotopic (exact) mass is 379 g/mol. The Morgan fingerprint density at radius 1 is 1.07 bits per heavy atom. The predicted molar refractivity (Wildman–Crippen MR) is 106 cm³/mol. The number of para-hydroxylation sites is 1. The molecule has 0 radical (unpaired) electrons. The number of aryl methyl sites for hydroxylation is 1. The highest BCUT2D eigenvalue weighted by molar-refractivity contribution is 6.31. The maximum atomic E-state index is 14.7. The van der Waals surface area contributed by atoms with E-state index in [-0.39, 0.29) is 5.82 Å². The van der Waals surface area contributed by atoms with Gasteiger partial charge in [0.05, 0.1) is 11.3 Å². The van der Waals surface area contributed by atoms with Crippen LogP contribution in [0.15, 0.2) is 66.7 Å². The number of halogens is 2. The number of carbonyl (C=O) groups is 1. The molecular weight excluding hydrogens is 365 g/mol. The summed E-state index contributed by atoms with van der Waals surface area (Å²) in [5.74, 6) is -0.911. The van der Waals surface area contributed by atoms with Crippen LogP contribution in [0.1, 0.15) is 10.4 Å². The van der Waals surface area contributed by atoms with E-state index in [1.807, 2.05) is 41.9 Å². The van der Waals surface area contributed by atoms with Crippen molar-refractivity contribution < 1.29 is 9.18 Å². The molecule has 0 spiro atoms. The molecule has 1 N–H and O–H groups in total. The molecule has 134 valence electrons. The van der Waals surface area contributed by atoms with Crippen LogP contribution in [0.5, 0.6) is 0 Å². The van der Waals surface area contributed by atoms with Crippen LogP contribution in [0.4, 0.5) is 10.2 Å². The third kappa shape index (κ3) is 3.29. The number of benzene rings is 2. The molecule has 0 aliphatic carbocycles. The molecule has 27 heavy (non-hydrogen) atoms. The SMILES string of the molecule is Cn1c(-c2ccc(NC(=O)c3cccc(Cl)c3)nc2F)cc2ccccc21. The van der Waals surface area contributed by atoms with E-state index in [1.54, 1.807) is 30.3 Å². The van der Waals surface area contributed by atoms with Gasteiger partial charge in [0.15, 0.2) is 0 Å². The van der Waals surface area contributed by atoms with Crippen molar-refractivity contribution in [3.63, 3.8) is 0 Å². The van der Waals surface area contributed by atoms with Crippen molar-refractivity contribution in [1.82, 2.24) is 9.55 Å². The van der Waals surface area contributed by atoms with Gasteiger partial charge in [0.2, 0.25) is 5.95 Å². The molecule has 2 aromatic carbocycles. The predicted octanol–water partition coefficient (Wildman–Crippen LogP) is 5.29.